The van der Waals surface area contributed by atoms with E-state index in [4.69, 9.17) is 0 Å². The molecule has 0 radical (unpaired) electrons. The molecule has 3 rings (SSSR count). The molecule has 34 heavy (non-hydrogen) atoms. The summed E-state index contributed by atoms with van der Waals surface area (Å²) in [6, 6.07) is 6.31. The number of aryl methyl sites for hydroxylation is 1. The van der Waals surface area contributed by atoms with Crippen molar-refractivity contribution in [3.63, 3.8) is 0 Å². The summed E-state index contributed by atoms with van der Waals surface area (Å²) >= 11 is 1.36. The van der Waals surface area contributed by atoms with Crippen molar-refractivity contribution in [3.8, 4) is 22.4 Å². The molecule has 1 aliphatic heterocycles. The highest BCUT2D eigenvalue weighted by atomic mass is 32.1. The van der Waals surface area contributed by atoms with Gasteiger partial charge in [0.2, 0.25) is 0 Å². The molecule has 1 fully saturated rings. The molecule has 2 heterocycles. The quantitative estimate of drug-likeness (QED) is 0.516. The summed E-state index contributed by atoms with van der Waals surface area (Å²) < 4.78 is 30.5. The van der Waals surface area contributed by atoms with Crippen LogP contribution in [0.2, 0.25) is 0 Å². The maximum atomic E-state index is 12.9. The number of ether oxygens (including phenoxy) is 1. The van der Waals surface area contributed by atoms with E-state index >= 15 is 0 Å². The lowest BCUT2D eigenvalue weighted by molar-refractivity contribution is -0.156. The fourth-order valence-electron chi connectivity index (χ4n) is 4.53. The lowest BCUT2D eigenvalue weighted by atomic mass is 9.66. The molecule has 6 nitrogen and oxygen atoms in total. The third kappa shape index (κ3) is 5.56. The van der Waals surface area contributed by atoms with E-state index < -0.39 is 18.0 Å². The number of hydrogen-bond donors (Lipinski definition) is 1. The first-order chi connectivity index (χ1) is 15.9. The Morgan fingerprint density at radius 1 is 1.44 bits per heavy atom. The molecule has 2 aromatic rings. The number of thiazole rings is 1. The van der Waals surface area contributed by atoms with Crippen LogP contribution in [0.3, 0.4) is 0 Å². The molecular weight excluding hydrogens is 460 g/mol. The van der Waals surface area contributed by atoms with Crippen molar-refractivity contribution in [2.24, 2.45) is 16.7 Å². The summed E-state index contributed by atoms with van der Waals surface area (Å²) in [5.41, 5.74) is 0.571. The van der Waals surface area contributed by atoms with E-state index in [0.29, 0.717) is 42.1 Å². The average Bonchev–Trinajstić information content (AvgIpc) is 3.12. The zero-order valence-electron chi connectivity index (χ0n) is 20.2. The van der Waals surface area contributed by atoms with Crippen LogP contribution in [0.4, 0.5) is 8.78 Å². The molecule has 1 aromatic carbocycles. The van der Waals surface area contributed by atoms with E-state index in [1.165, 1.54) is 29.5 Å². The Balaban J connectivity index is 1.94. The highest BCUT2D eigenvalue weighted by molar-refractivity contribution is 7.15. The van der Waals surface area contributed by atoms with Crippen LogP contribution in [0.1, 0.15) is 56.7 Å². The largest absolute Gasteiger partial charge is 0.481 e. The Morgan fingerprint density at radius 2 is 2.15 bits per heavy atom. The lowest BCUT2D eigenvalue weighted by Crippen LogP contribution is -2.53. The number of alkyl halides is 2. The number of aromatic nitrogens is 1. The van der Waals surface area contributed by atoms with Gasteiger partial charge in [0.15, 0.2) is 0 Å². The van der Waals surface area contributed by atoms with Crippen molar-refractivity contribution >= 4 is 17.3 Å². The second kappa shape index (κ2) is 9.96. The number of piperidine rings is 1. The van der Waals surface area contributed by atoms with Crippen molar-refractivity contribution in [1.82, 2.24) is 9.88 Å². The zero-order valence-corrected chi connectivity index (χ0v) is 21.0. The van der Waals surface area contributed by atoms with E-state index in [2.05, 4.69) is 35.4 Å². The Kier molecular flexibility index (Phi) is 7.63. The van der Waals surface area contributed by atoms with Gasteiger partial charge < -0.3 is 9.84 Å². The molecule has 0 unspecified atom stereocenters. The van der Waals surface area contributed by atoms with Crippen LogP contribution < -0.4 is 4.74 Å². The van der Waals surface area contributed by atoms with Crippen LogP contribution >= 0.6 is 11.3 Å². The first-order valence-corrected chi connectivity index (χ1v) is 12.1. The van der Waals surface area contributed by atoms with Gasteiger partial charge in [0, 0.05) is 24.5 Å². The highest BCUT2D eigenvalue weighted by Gasteiger charge is 2.47. The molecule has 184 valence electrons. The summed E-state index contributed by atoms with van der Waals surface area (Å²) in [6.07, 6.45) is 1.19. The van der Waals surface area contributed by atoms with Crippen molar-refractivity contribution in [2.75, 3.05) is 13.1 Å². The Bertz CT molecular complexity index is 1090. The van der Waals surface area contributed by atoms with Gasteiger partial charge in [0.05, 0.1) is 28.3 Å². The Hall–Kier alpha value is -2.57. The van der Waals surface area contributed by atoms with Gasteiger partial charge in [0.25, 0.3) is 0 Å². The SMILES string of the molecule is CC[C@@]1(C(=O)O)C[C@@H](C(C)(C)C)CN(Cc2sc(-c3cc(C#N)ccc3OC(F)F)nc2C)C1. The van der Waals surface area contributed by atoms with E-state index in [1.54, 1.807) is 0 Å². The maximum Gasteiger partial charge on any atom is 0.387 e. The Morgan fingerprint density at radius 3 is 2.71 bits per heavy atom. The minimum atomic E-state index is -2.99. The molecule has 0 saturated carbocycles. The minimum absolute atomic E-state index is 0.0315. The predicted octanol–water partition coefficient (Wildman–Crippen LogP) is 5.94. The monoisotopic (exact) mass is 491 g/mol. The number of benzene rings is 1. The molecule has 2 atom stereocenters. The average molecular weight is 492 g/mol. The van der Waals surface area contributed by atoms with Crippen molar-refractivity contribution in [1.29, 1.82) is 5.26 Å². The van der Waals surface area contributed by atoms with Crippen LogP contribution in [0, 0.1) is 35.0 Å². The van der Waals surface area contributed by atoms with Gasteiger partial charge >= 0.3 is 12.6 Å². The topological polar surface area (TPSA) is 86.5 Å². The molecule has 1 saturated heterocycles. The first kappa shape index (κ1) is 26.0. The number of likely N-dealkylation sites (tertiary alicyclic amines) is 1. The first-order valence-electron chi connectivity index (χ1n) is 11.3. The summed E-state index contributed by atoms with van der Waals surface area (Å²) in [5.74, 6) is -0.586. The molecular formula is C25H31F2N3O3S. The maximum absolute atomic E-state index is 12.9. The van der Waals surface area contributed by atoms with Gasteiger partial charge in [0.1, 0.15) is 10.8 Å². The number of nitrogens with zero attached hydrogens (tertiary/aromatic N) is 3. The normalized spacial score (nSPS) is 21.4. The number of carbonyl (C=O) groups is 1. The number of nitriles is 1. The molecule has 0 amide bonds. The number of aliphatic carboxylic acids is 1. The van der Waals surface area contributed by atoms with Crippen LogP contribution in [0.15, 0.2) is 18.2 Å². The van der Waals surface area contributed by atoms with E-state index in [9.17, 15) is 23.9 Å². The number of rotatable bonds is 7. The van der Waals surface area contributed by atoms with Gasteiger partial charge in [-0.1, -0.05) is 27.7 Å². The summed E-state index contributed by atoms with van der Waals surface area (Å²) in [7, 11) is 0. The fourth-order valence-corrected chi connectivity index (χ4v) is 5.65. The molecule has 9 heteroatoms. The molecule has 1 aliphatic rings. The number of hydrogen-bond acceptors (Lipinski definition) is 6. The molecule has 1 N–H and O–H groups in total. The summed E-state index contributed by atoms with van der Waals surface area (Å²) in [4.78, 5) is 20.0. The number of carboxylic acids is 1. The third-order valence-electron chi connectivity index (χ3n) is 6.81. The summed E-state index contributed by atoms with van der Waals surface area (Å²) in [5, 5.41) is 19.8. The van der Waals surface area contributed by atoms with E-state index in [0.717, 1.165) is 17.1 Å². The lowest BCUT2D eigenvalue weighted by Gasteiger charge is -2.47. The third-order valence-corrected chi connectivity index (χ3v) is 7.99. The highest BCUT2D eigenvalue weighted by Crippen LogP contribution is 2.44. The fraction of sp³-hybridized carbons (Fsp3) is 0.560. The van der Waals surface area contributed by atoms with Crippen LogP contribution in [-0.4, -0.2) is 40.7 Å². The minimum Gasteiger partial charge on any atom is -0.481 e. The zero-order chi connectivity index (χ0) is 25.3. The van der Waals surface area contributed by atoms with Crippen LogP contribution in [0.25, 0.3) is 10.6 Å². The predicted molar refractivity (Wildman–Crippen MR) is 127 cm³/mol. The van der Waals surface area contributed by atoms with E-state index in [1.807, 2.05) is 19.9 Å². The van der Waals surface area contributed by atoms with Crippen LogP contribution in [-0.2, 0) is 11.3 Å². The Labute approximate surface area is 203 Å². The number of carboxylic acid groups (broad SMARTS) is 1. The van der Waals surface area contributed by atoms with Gasteiger partial charge in [-0.05, 0) is 49.3 Å². The molecule has 0 spiro atoms. The second-order valence-electron chi connectivity index (χ2n) is 10.1. The van der Waals surface area contributed by atoms with Crippen molar-refractivity contribution < 1.29 is 23.4 Å². The van der Waals surface area contributed by atoms with Gasteiger partial charge in [-0.25, -0.2) is 4.98 Å². The smallest absolute Gasteiger partial charge is 0.387 e. The standard InChI is InChI=1S/C25H31F2N3O3S/c1-6-25(22(31)32)10-17(24(3,4)5)12-30(14-25)13-20-15(2)29-21(34-20)18-9-16(11-28)7-8-19(18)33-23(26)27/h7-9,17,23H,6,10,12-14H2,1-5H3,(H,31,32)/t17-,25-/m1/s1. The van der Waals surface area contributed by atoms with Crippen molar-refractivity contribution in [2.45, 2.75) is 60.6 Å². The van der Waals surface area contributed by atoms with Gasteiger partial charge in [-0.15, -0.1) is 11.3 Å². The summed E-state index contributed by atoms with van der Waals surface area (Å²) in [6.45, 7) is 8.97. The van der Waals surface area contributed by atoms with Crippen LogP contribution in [0.5, 0.6) is 5.75 Å². The van der Waals surface area contributed by atoms with E-state index in [-0.39, 0.29) is 17.1 Å². The van der Waals surface area contributed by atoms with Gasteiger partial charge in [-0.3, -0.25) is 9.69 Å². The van der Waals surface area contributed by atoms with Gasteiger partial charge in [-0.2, -0.15) is 14.0 Å². The van der Waals surface area contributed by atoms with Crippen molar-refractivity contribution in [3.05, 3.63) is 34.3 Å². The number of halogens is 2. The molecule has 0 bridgehead atoms. The second-order valence-corrected chi connectivity index (χ2v) is 11.2. The molecule has 1 aromatic heterocycles. The molecule has 0 aliphatic carbocycles.